The summed E-state index contributed by atoms with van der Waals surface area (Å²) in [5, 5.41) is 0.802. The molecule has 0 saturated carbocycles. The van der Waals surface area contributed by atoms with Crippen molar-refractivity contribution in [3.63, 3.8) is 0 Å². The molecule has 0 N–H and O–H groups in total. The third-order valence-electron chi connectivity index (χ3n) is 1.97. The van der Waals surface area contributed by atoms with Crippen LogP contribution in [0.1, 0.15) is 30.6 Å². The highest BCUT2D eigenvalue weighted by Crippen LogP contribution is 2.22. The van der Waals surface area contributed by atoms with Crippen LogP contribution in [0.25, 0.3) is 0 Å². The molecule has 0 bridgehead atoms. The Bertz CT molecular complexity index is 413. The van der Waals surface area contributed by atoms with Crippen molar-refractivity contribution in [1.82, 2.24) is 0 Å². The Hall–Kier alpha value is -0.860. The normalized spacial score (nSPS) is 11.6. The van der Waals surface area contributed by atoms with Gasteiger partial charge in [-0.3, -0.25) is 4.79 Å². The van der Waals surface area contributed by atoms with Gasteiger partial charge in [-0.1, -0.05) is 30.1 Å². The van der Waals surface area contributed by atoms with Crippen molar-refractivity contribution in [3.8, 4) is 0 Å². The smallest absolute Gasteiger partial charge is 0.267 e. The number of hydrogen-bond acceptors (Lipinski definition) is 1. The van der Waals surface area contributed by atoms with E-state index >= 15 is 0 Å². The molecule has 0 aliphatic heterocycles. The van der Waals surface area contributed by atoms with Crippen LogP contribution in [-0.4, -0.2) is 11.6 Å². The summed E-state index contributed by atoms with van der Waals surface area (Å²) in [5.74, 6) is -0.284. The minimum Gasteiger partial charge on any atom is -0.267 e. The summed E-state index contributed by atoms with van der Waals surface area (Å²) < 4.78 is 0. The fourth-order valence-corrected chi connectivity index (χ4v) is 1.24. The number of halogens is 2. The number of rotatable bonds is 2. The fourth-order valence-electron chi connectivity index (χ4n) is 0.946. The maximum absolute atomic E-state index is 11.6. The SMILES string of the molecule is CCC(C)=NC(=O)c1ccc(Cl)c(Cl)c1. The van der Waals surface area contributed by atoms with Crippen LogP contribution >= 0.6 is 23.2 Å². The van der Waals surface area contributed by atoms with Crippen LogP contribution in [0.15, 0.2) is 23.2 Å². The summed E-state index contributed by atoms with van der Waals surface area (Å²) >= 11 is 11.5. The van der Waals surface area contributed by atoms with Gasteiger partial charge in [0.2, 0.25) is 0 Å². The molecule has 2 nitrogen and oxygen atoms in total. The van der Waals surface area contributed by atoms with Gasteiger partial charge in [0.1, 0.15) is 0 Å². The van der Waals surface area contributed by atoms with Crippen molar-refractivity contribution >= 4 is 34.8 Å². The summed E-state index contributed by atoms with van der Waals surface area (Å²) in [7, 11) is 0. The van der Waals surface area contributed by atoms with Gasteiger partial charge < -0.3 is 0 Å². The number of nitrogens with zero attached hydrogens (tertiary/aromatic N) is 1. The molecule has 0 radical (unpaired) electrons. The van der Waals surface area contributed by atoms with E-state index in [9.17, 15) is 4.79 Å². The molecule has 15 heavy (non-hydrogen) atoms. The molecule has 1 aromatic carbocycles. The van der Waals surface area contributed by atoms with Gasteiger partial charge in [0.25, 0.3) is 5.91 Å². The molecule has 0 fully saturated rings. The van der Waals surface area contributed by atoms with Gasteiger partial charge in [-0.25, -0.2) is 4.99 Å². The van der Waals surface area contributed by atoms with Gasteiger partial charge >= 0.3 is 0 Å². The number of benzene rings is 1. The Balaban J connectivity index is 2.97. The second-order valence-corrected chi connectivity index (χ2v) is 3.95. The topological polar surface area (TPSA) is 29.4 Å². The minimum atomic E-state index is -0.284. The van der Waals surface area contributed by atoms with E-state index in [2.05, 4.69) is 4.99 Å². The maximum atomic E-state index is 11.6. The van der Waals surface area contributed by atoms with E-state index in [0.29, 0.717) is 15.6 Å². The second kappa shape index (κ2) is 5.29. The fraction of sp³-hybridized carbons (Fsp3) is 0.273. The summed E-state index contributed by atoms with van der Waals surface area (Å²) in [5.41, 5.74) is 1.25. The summed E-state index contributed by atoms with van der Waals surface area (Å²) in [4.78, 5) is 15.5. The lowest BCUT2D eigenvalue weighted by atomic mass is 10.2. The molecular weight excluding hydrogens is 233 g/mol. The van der Waals surface area contributed by atoms with E-state index in [-0.39, 0.29) is 5.91 Å². The Morgan fingerprint density at radius 1 is 1.33 bits per heavy atom. The number of carbonyl (C=O) groups is 1. The Labute approximate surface area is 98.9 Å². The van der Waals surface area contributed by atoms with Gasteiger partial charge in [0, 0.05) is 11.3 Å². The van der Waals surface area contributed by atoms with E-state index in [1.165, 1.54) is 6.07 Å². The van der Waals surface area contributed by atoms with Gasteiger partial charge in [0.05, 0.1) is 10.0 Å². The average Bonchev–Trinajstić information content (AvgIpc) is 2.21. The molecule has 1 amide bonds. The van der Waals surface area contributed by atoms with Crippen molar-refractivity contribution in [2.24, 2.45) is 4.99 Å². The number of amides is 1. The molecule has 1 aromatic rings. The number of aliphatic imine (C=N–C) groups is 1. The van der Waals surface area contributed by atoms with Gasteiger partial charge in [-0.2, -0.15) is 0 Å². The zero-order valence-corrected chi connectivity index (χ0v) is 10.1. The highest BCUT2D eigenvalue weighted by molar-refractivity contribution is 6.42. The first-order chi connectivity index (χ1) is 7.04. The van der Waals surface area contributed by atoms with E-state index in [1.54, 1.807) is 12.1 Å². The van der Waals surface area contributed by atoms with E-state index in [0.717, 1.165) is 12.1 Å². The standard InChI is InChI=1S/C11H11Cl2NO/c1-3-7(2)14-11(15)8-4-5-9(12)10(13)6-8/h4-6H,3H2,1-2H3. The third-order valence-corrected chi connectivity index (χ3v) is 2.71. The van der Waals surface area contributed by atoms with E-state index in [4.69, 9.17) is 23.2 Å². The lowest BCUT2D eigenvalue weighted by Gasteiger charge is -1.99. The Morgan fingerprint density at radius 3 is 2.53 bits per heavy atom. The lowest BCUT2D eigenvalue weighted by molar-refractivity contribution is 0.100. The first-order valence-corrected chi connectivity index (χ1v) is 5.33. The number of hydrogen-bond donors (Lipinski definition) is 0. The molecule has 0 aliphatic rings. The molecule has 1 rings (SSSR count). The largest absolute Gasteiger partial charge is 0.276 e. The lowest BCUT2D eigenvalue weighted by Crippen LogP contribution is -1.99. The third kappa shape index (κ3) is 3.33. The monoisotopic (exact) mass is 243 g/mol. The predicted octanol–water partition coefficient (Wildman–Crippen LogP) is 4.00. The van der Waals surface area contributed by atoms with Crippen LogP contribution in [0.3, 0.4) is 0 Å². The molecule has 0 spiro atoms. The summed E-state index contributed by atoms with van der Waals surface area (Å²) in [6, 6.07) is 4.73. The van der Waals surface area contributed by atoms with E-state index < -0.39 is 0 Å². The molecule has 0 aromatic heterocycles. The molecule has 0 unspecified atom stereocenters. The number of carbonyl (C=O) groups excluding carboxylic acids is 1. The highest BCUT2D eigenvalue weighted by atomic mass is 35.5. The van der Waals surface area contributed by atoms with Crippen LogP contribution in [0.4, 0.5) is 0 Å². The minimum absolute atomic E-state index is 0.284. The first-order valence-electron chi connectivity index (χ1n) is 4.58. The van der Waals surface area contributed by atoms with Crippen molar-refractivity contribution in [1.29, 1.82) is 0 Å². The molecule has 80 valence electrons. The van der Waals surface area contributed by atoms with Crippen LogP contribution < -0.4 is 0 Å². The van der Waals surface area contributed by atoms with Crippen molar-refractivity contribution in [3.05, 3.63) is 33.8 Å². The average molecular weight is 244 g/mol. The van der Waals surface area contributed by atoms with Crippen LogP contribution in [0, 0.1) is 0 Å². The first kappa shape index (κ1) is 12.2. The zero-order valence-electron chi connectivity index (χ0n) is 8.55. The van der Waals surface area contributed by atoms with E-state index in [1.807, 2.05) is 13.8 Å². The van der Waals surface area contributed by atoms with Gasteiger partial charge in [-0.15, -0.1) is 0 Å². The molecular formula is C11H11Cl2NO. The summed E-state index contributed by atoms with van der Waals surface area (Å²) in [6.07, 6.45) is 0.757. The molecule has 0 atom stereocenters. The van der Waals surface area contributed by atoms with Gasteiger partial charge in [0.15, 0.2) is 0 Å². The van der Waals surface area contributed by atoms with Crippen LogP contribution in [0.2, 0.25) is 10.0 Å². The zero-order chi connectivity index (χ0) is 11.4. The Morgan fingerprint density at radius 2 is 2.00 bits per heavy atom. The molecule has 0 aliphatic carbocycles. The highest BCUT2D eigenvalue weighted by Gasteiger charge is 2.06. The quantitative estimate of drug-likeness (QED) is 0.723. The molecule has 4 heteroatoms. The van der Waals surface area contributed by atoms with Crippen molar-refractivity contribution in [2.45, 2.75) is 20.3 Å². The molecule has 0 heterocycles. The van der Waals surface area contributed by atoms with Gasteiger partial charge in [-0.05, 0) is 31.5 Å². The molecule has 0 saturated heterocycles. The summed E-state index contributed by atoms with van der Waals surface area (Å²) in [6.45, 7) is 3.76. The van der Waals surface area contributed by atoms with Crippen molar-refractivity contribution in [2.75, 3.05) is 0 Å². The Kier molecular flexibility index (Phi) is 4.30. The predicted molar refractivity (Wildman–Crippen MR) is 64.2 cm³/mol. The van der Waals surface area contributed by atoms with Crippen LogP contribution in [0.5, 0.6) is 0 Å². The second-order valence-electron chi connectivity index (χ2n) is 3.13. The van der Waals surface area contributed by atoms with Crippen molar-refractivity contribution < 1.29 is 4.79 Å². The van der Waals surface area contributed by atoms with Crippen LogP contribution in [-0.2, 0) is 0 Å². The maximum Gasteiger partial charge on any atom is 0.276 e.